The highest BCUT2D eigenvalue weighted by Crippen LogP contribution is 2.40. The zero-order chi connectivity index (χ0) is 23.6. The SMILES string of the molecule is O=C(NC(CCCCNC1CC1c1ccccc1)C(=O)NCc1ccncc1)c1ccccn1. The predicted molar refractivity (Wildman–Crippen MR) is 131 cm³/mol. The first-order valence-corrected chi connectivity index (χ1v) is 11.9. The average Bonchev–Trinajstić information content (AvgIpc) is 3.67. The molecule has 3 aromatic rings. The Labute approximate surface area is 200 Å². The summed E-state index contributed by atoms with van der Waals surface area (Å²) in [4.78, 5) is 33.6. The van der Waals surface area contributed by atoms with Crippen molar-refractivity contribution in [2.24, 2.45) is 0 Å². The molecule has 0 radical (unpaired) electrons. The van der Waals surface area contributed by atoms with Crippen molar-refractivity contribution in [3.63, 3.8) is 0 Å². The molecule has 7 nitrogen and oxygen atoms in total. The Morgan fingerprint density at radius 2 is 1.74 bits per heavy atom. The maximum Gasteiger partial charge on any atom is 0.270 e. The minimum absolute atomic E-state index is 0.194. The monoisotopic (exact) mass is 457 g/mol. The van der Waals surface area contributed by atoms with Crippen LogP contribution in [-0.4, -0.2) is 40.4 Å². The fourth-order valence-electron chi connectivity index (χ4n) is 4.06. The summed E-state index contributed by atoms with van der Waals surface area (Å²) in [5, 5.41) is 9.41. The molecule has 0 bridgehead atoms. The van der Waals surface area contributed by atoms with Gasteiger partial charge >= 0.3 is 0 Å². The van der Waals surface area contributed by atoms with Gasteiger partial charge in [0.15, 0.2) is 0 Å². The number of hydrogen-bond acceptors (Lipinski definition) is 5. The minimum atomic E-state index is -0.616. The van der Waals surface area contributed by atoms with Crippen LogP contribution in [0.5, 0.6) is 0 Å². The molecule has 4 rings (SSSR count). The lowest BCUT2D eigenvalue weighted by atomic mass is 10.1. The van der Waals surface area contributed by atoms with Gasteiger partial charge in [0.05, 0.1) is 0 Å². The molecule has 2 heterocycles. The van der Waals surface area contributed by atoms with Gasteiger partial charge in [-0.25, -0.2) is 0 Å². The van der Waals surface area contributed by atoms with Crippen LogP contribution in [0.3, 0.4) is 0 Å². The van der Waals surface area contributed by atoms with Crippen molar-refractivity contribution < 1.29 is 9.59 Å². The third-order valence-electron chi connectivity index (χ3n) is 6.08. The number of carbonyl (C=O) groups excluding carboxylic acids is 2. The van der Waals surface area contributed by atoms with E-state index in [4.69, 9.17) is 0 Å². The smallest absolute Gasteiger partial charge is 0.270 e. The molecule has 1 fully saturated rings. The Balaban J connectivity index is 1.24. The molecular formula is C27H31N5O2. The van der Waals surface area contributed by atoms with Crippen molar-refractivity contribution >= 4 is 11.8 Å². The number of aromatic nitrogens is 2. The van der Waals surface area contributed by atoms with Crippen molar-refractivity contribution in [2.75, 3.05) is 6.54 Å². The van der Waals surface area contributed by atoms with Gasteiger partial charge in [-0.3, -0.25) is 19.6 Å². The second kappa shape index (κ2) is 12.0. The number of amides is 2. The number of rotatable bonds is 12. The van der Waals surface area contributed by atoms with Crippen LogP contribution in [0, 0.1) is 0 Å². The summed E-state index contributed by atoms with van der Waals surface area (Å²) in [6.07, 6.45) is 8.45. The molecule has 0 saturated heterocycles. The lowest BCUT2D eigenvalue weighted by Crippen LogP contribution is -2.46. The van der Waals surface area contributed by atoms with E-state index in [-0.39, 0.29) is 11.8 Å². The number of nitrogens with zero attached hydrogens (tertiary/aromatic N) is 2. The van der Waals surface area contributed by atoms with Crippen molar-refractivity contribution in [1.29, 1.82) is 0 Å². The van der Waals surface area contributed by atoms with Crippen molar-refractivity contribution in [2.45, 2.75) is 50.2 Å². The fraction of sp³-hybridized carbons (Fsp3) is 0.333. The number of carbonyl (C=O) groups is 2. The largest absolute Gasteiger partial charge is 0.350 e. The Bertz CT molecular complexity index is 1050. The minimum Gasteiger partial charge on any atom is -0.350 e. The highest BCUT2D eigenvalue weighted by atomic mass is 16.2. The van der Waals surface area contributed by atoms with E-state index in [1.807, 2.05) is 18.2 Å². The normalized spacial score (nSPS) is 17.5. The van der Waals surface area contributed by atoms with Crippen LogP contribution in [0.1, 0.15) is 53.2 Å². The summed E-state index contributed by atoms with van der Waals surface area (Å²) in [5.41, 5.74) is 2.65. The first-order chi connectivity index (χ1) is 16.7. The van der Waals surface area contributed by atoms with Gasteiger partial charge in [0, 0.05) is 37.1 Å². The lowest BCUT2D eigenvalue weighted by Gasteiger charge is -2.18. The highest BCUT2D eigenvalue weighted by Gasteiger charge is 2.37. The van der Waals surface area contributed by atoms with Gasteiger partial charge < -0.3 is 16.0 Å². The van der Waals surface area contributed by atoms with E-state index in [0.29, 0.717) is 30.6 Å². The van der Waals surface area contributed by atoms with Gasteiger partial charge in [0.25, 0.3) is 5.91 Å². The fourth-order valence-corrected chi connectivity index (χ4v) is 4.06. The summed E-state index contributed by atoms with van der Waals surface area (Å²) in [6, 6.07) is 19.4. The van der Waals surface area contributed by atoms with Crippen molar-refractivity contribution in [1.82, 2.24) is 25.9 Å². The standard InChI is InChI=1S/C27H31N5O2/c33-26(31-19-20-12-16-28-17-13-20)24(32-27(34)23-10-4-6-14-29-23)11-5-7-15-30-25-18-22(25)21-8-2-1-3-9-21/h1-4,6,8-10,12-14,16-17,22,24-25,30H,5,7,11,15,18-19H2,(H,31,33)(H,32,34). The zero-order valence-electron chi connectivity index (χ0n) is 19.2. The molecular weight excluding hydrogens is 426 g/mol. The van der Waals surface area contributed by atoms with Crippen LogP contribution in [0.15, 0.2) is 79.3 Å². The molecule has 0 aliphatic heterocycles. The summed E-state index contributed by atoms with van der Waals surface area (Å²) in [5.74, 6) is 0.0671. The van der Waals surface area contributed by atoms with Crippen LogP contribution in [0.4, 0.5) is 0 Å². The van der Waals surface area contributed by atoms with Gasteiger partial charge in [0.2, 0.25) is 5.91 Å². The molecule has 34 heavy (non-hydrogen) atoms. The molecule has 0 spiro atoms. The summed E-state index contributed by atoms with van der Waals surface area (Å²) < 4.78 is 0. The van der Waals surface area contributed by atoms with E-state index in [0.717, 1.165) is 24.9 Å². The molecule has 1 aliphatic carbocycles. The van der Waals surface area contributed by atoms with E-state index >= 15 is 0 Å². The molecule has 7 heteroatoms. The second-order valence-corrected chi connectivity index (χ2v) is 8.62. The lowest BCUT2D eigenvalue weighted by molar-refractivity contribution is -0.123. The van der Waals surface area contributed by atoms with Gasteiger partial charge in [-0.2, -0.15) is 0 Å². The first kappa shape index (κ1) is 23.6. The van der Waals surface area contributed by atoms with Crippen LogP contribution < -0.4 is 16.0 Å². The molecule has 176 valence electrons. The second-order valence-electron chi connectivity index (χ2n) is 8.62. The third-order valence-corrected chi connectivity index (χ3v) is 6.08. The van der Waals surface area contributed by atoms with Crippen molar-refractivity contribution in [3.8, 4) is 0 Å². The van der Waals surface area contributed by atoms with Crippen LogP contribution in [0.25, 0.3) is 0 Å². The summed E-state index contributed by atoms with van der Waals surface area (Å²) in [6.45, 7) is 1.29. The Morgan fingerprint density at radius 3 is 2.50 bits per heavy atom. The maximum absolute atomic E-state index is 12.9. The number of nitrogens with one attached hydrogen (secondary N) is 3. The number of unbranched alkanes of at least 4 members (excludes halogenated alkanes) is 1. The third kappa shape index (κ3) is 6.96. The molecule has 2 aromatic heterocycles. The molecule has 2 amide bonds. The molecule has 1 saturated carbocycles. The molecule has 3 unspecified atom stereocenters. The highest BCUT2D eigenvalue weighted by molar-refractivity contribution is 5.96. The predicted octanol–water partition coefficient (Wildman–Crippen LogP) is 3.21. The number of pyridine rings is 2. The first-order valence-electron chi connectivity index (χ1n) is 11.9. The maximum atomic E-state index is 12.9. The molecule has 3 atom stereocenters. The number of hydrogen-bond donors (Lipinski definition) is 3. The average molecular weight is 458 g/mol. The summed E-state index contributed by atoms with van der Waals surface area (Å²) in [7, 11) is 0. The Morgan fingerprint density at radius 1 is 0.941 bits per heavy atom. The molecule has 1 aromatic carbocycles. The van der Waals surface area contributed by atoms with Gasteiger partial charge in [-0.05, 0) is 67.6 Å². The summed E-state index contributed by atoms with van der Waals surface area (Å²) >= 11 is 0. The van der Waals surface area contributed by atoms with Crippen molar-refractivity contribution in [3.05, 3.63) is 96.1 Å². The van der Waals surface area contributed by atoms with Gasteiger partial charge in [-0.1, -0.05) is 36.4 Å². The zero-order valence-corrected chi connectivity index (χ0v) is 19.2. The molecule has 1 aliphatic rings. The van der Waals surface area contributed by atoms with E-state index in [2.05, 4.69) is 50.2 Å². The number of benzene rings is 1. The topological polar surface area (TPSA) is 96.0 Å². The molecule has 3 N–H and O–H groups in total. The van der Waals surface area contributed by atoms with Gasteiger partial charge in [-0.15, -0.1) is 0 Å². The van der Waals surface area contributed by atoms with Crippen LogP contribution in [-0.2, 0) is 11.3 Å². The van der Waals surface area contributed by atoms with E-state index in [1.54, 1.807) is 36.8 Å². The van der Waals surface area contributed by atoms with E-state index in [1.165, 1.54) is 12.0 Å². The van der Waals surface area contributed by atoms with Crippen LogP contribution >= 0.6 is 0 Å². The Kier molecular flexibility index (Phi) is 8.35. The van der Waals surface area contributed by atoms with E-state index < -0.39 is 6.04 Å². The van der Waals surface area contributed by atoms with Crippen LogP contribution in [0.2, 0.25) is 0 Å². The quantitative estimate of drug-likeness (QED) is 0.363. The Hall–Kier alpha value is -3.58. The van der Waals surface area contributed by atoms with E-state index in [9.17, 15) is 9.59 Å². The van der Waals surface area contributed by atoms with Gasteiger partial charge in [0.1, 0.15) is 11.7 Å².